The van der Waals surface area contributed by atoms with Crippen LogP contribution < -0.4 is 10.6 Å². The summed E-state index contributed by atoms with van der Waals surface area (Å²) in [7, 11) is 0. The molecular weight excluding hydrogens is 417 g/mol. The lowest BCUT2D eigenvalue weighted by molar-refractivity contribution is -0.140. The summed E-state index contributed by atoms with van der Waals surface area (Å²) in [5.74, 6) is 3.94. The summed E-state index contributed by atoms with van der Waals surface area (Å²) >= 11 is 0. The van der Waals surface area contributed by atoms with Crippen LogP contribution >= 0.6 is 0 Å². The summed E-state index contributed by atoms with van der Waals surface area (Å²) in [5, 5.41) is 5.89. The SMILES string of the molecule is O=C(Nc1cc(F)cc(NC(=O)C23CC4CC(CC(C4)C2)C3)n1)C12CC3CC(CC(C3)C1)C2. The van der Waals surface area contributed by atoms with E-state index in [0.717, 1.165) is 38.5 Å². The van der Waals surface area contributed by atoms with Gasteiger partial charge in [-0.3, -0.25) is 9.59 Å². The molecule has 8 aliphatic rings. The fourth-order valence-electron chi connectivity index (χ4n) is 9.90. The standard InChI is InChI=1S/C27H34FN3O2/c28-21-7-22(30-24(32)26-9-15-1-16(10-26)3-17(2-15)11-26)29-23(8-21)31-25(33)27-12-18-4-19(13-27)6-20(5-18)14-27/h7-8,15-20H,1-6,9-14H2,(H2,29,30,31,32,33). The highest BCUT2D eigenvalue weighted by molar-refractivity contribution is 5.97. The highest BCUT2D eigenvalue weighted by Crippen LogP contribution is 2.61. The van der Waals surface area contributed by atoms with E-state index in [4.69, 9.17) is 0 Å². The number of halogens is 1. The highest BCUT2D eigenvalue weighted by atomic mass is 19.1. The number of carbonyl (C=O) groups is 2. The van der Waals surface area contributed by atoms with Crippen LogP contribution in [0.5, 0.6) is 0 Å². The van der Waals surface area contributed by atoms with Crippen LogP contribution in [0.3, 0.4) is 0 Å². The molecule has 33 heavy (non-hydrogen) atoms. The molecule has 0 aromatic carbocycles. The second-order valence-corrected chi connectivity index (χ2v) is 12.9. The van der Waals surface area contributed by atoms with Gasteiger partial charge in [0.2, 0.25) is 11.8 Å². The van der Waals surface area contributed by atoms with Crippen molar-refractivity contribution in [1.82, 2.24) is 4.98 Å². The van der Waals surface area contributed by atoms with Gasteiger partial charge in [0.1, 0.15) is 17.5 Å². The second-order valence-electron chi connectivity index (χ2n) is 12.9. The number of amides is 2. The van der Waals surface area contributed by atoms with Crippen LogP contribution in [-0.4, -0.2) is 16.8 Å². The number of carbonyl (C=O) groups excluding carboxylic acids is 2. The molecule has 2 amide bonds. The molecule has 0 atom stereocenters. The van der Waals surface area contributed by atoms with Crippen LogP contribution in [0.2, 0.25) is 0 Å². The van der Waals surface area contributed by atoms with Gasteiger partial charge in [-0.2, -0.15) is 0 Å². The minimum absolute atomic E-state index is 0.00180. The highest BCUT2D eigenvalue weighted by Gasteiger charge is 2.56. The average molecular weight is 452 g/mol. The van der Waals surface area contributed by atoms with E-state index < -0.39 is 5.82 Å². The fraction of sp³-hybridized carbons (Fsp3) is 0.741. The Hall–Kier alpha value is -1.98. The topological polar surface area (TPSA) is 71.1 Å². The average Bonchev–Trinajstić information content (AvgIpc) is 2.71. The van der Waals surface area contributed by atoms with Gasteiger partial charge in [0, 0.05) is 12.1 Å². The summed E-state index contributed by atoms with van der Waals surface area (Å²) in [4.78, 5) is 31.2. The van der Waals surface area contributed by atoms with Crippen molar-refractivity contribution in [3.8, 4) is 0 Å². The monoisotopic (exact) mass is 451 g/mol. The third kappa shape index (κ3) is 3.34. The number of hydrogen-bond donors (Lipinski definition) is 2. The normalized spacial score (nSPS) is 44.2. The van der Waals surface area contributed by atoms with Crippen LogP contribution in [0, 0.1) is 52.2 Å². The molecule has 0 spiro atoms. The maximum absolute atomic E-state index is 14.5. The van der Waals surface area contributed by atoms with E-state index >= 15 is 0 Å². The van der Waals surface area contributed by atoms with Gasteiger partial charge < -0.3 is 10.6 Å². The molecule has 176 valence electrons. The van der Waals surface area contributed by atoms with E-state index in [1.807, 2.05) is 0 Å². The van der Waals surface area contributed by atoms with Crippen LogP contribution in [-0.2, 0) is 9.59 Å². The smallest absolute Gasteiger partial charge is 0.231 e. The molecule has 0 aliphatic heterocycles. The van der Waals surface area contributed by atoms with Crippen molar-refractivity contribution in [3.05, 3.63) is 17.9 Å². The van der Waals surface area contributed by atoms with E-state index in [0.29, 0.717) is 35.5 Å². The molecule has 9 rings (SSSR count). The largest absolute Gasteiger partial charge is 0.310 e. The van der Waals surface area contributed by atoms with Gasteiger partial charge in [0.05, 0.1) is 10.8 Å². The molecule has 8 aliphatic carbocycles. The molecule has 8 fully saturated rings. The van der Waals surface area contributed by atoms with Crippen molar-refractivity contribution in [2.45, 2.75) is 77.0 Å². The van der Waals surface area contributed by atoms with Crippen LogP contribution in [0.1, 0.15) is 77.0 Å². The summed E-state index contributed by atoms with van der Waals surface area (Å²) in [5.41, 5.74) is -0.628. The molecule has 5 nitrogen and oxygen atoms in total. The number of aromatic nitrogens is 1. The van der Waals surface area contributed by atoms with Crippen molar-refractivity contribution in [2.75, 3.05) is 10.6 Å². The molecule has 6 heteroatoms. The van der Waals surface area contributed by atoms with Gasteiger partial charge >= 0.3 is 0 Å². The molecule has 0 saturated heterocycles. The quantitative estimate of drug-likeness (QED) is 0.632. The summed E-state index contributed by atoms with van der Waals surface area (Å²) < 4.78 is 14.5. The fourth-order valence-corrected chi connectivity index (χ4v) is 9.90. The first-order chi connectivity index (χ1) is 15.9. The molecule has 1 heterocycles. The Morgan fingerprint density at radius 3 is 1.27 bits per heavy atom. The number of anilines is 2. The predicted molar refractivity (Wildman–Crippen MR) is 123 cm³/mol. The number of nitrogens with one attached hydrogen (secondary N) is 2. The van der Waals surface area contributed by atoms with Gasteiger partial charge in [-0.05, 0) is 113 Å². The van der Waals surface area contributed by atoms with Crippen molar-refractivity contribution < 1.29 is 14.0 Å². The lowest BCUT2D eigenvalue weighted by Gasteiger charge is -2.55. The Morgan fingerprint density at radius 2 is 0.970 bits per heavy atom. The minimum atomic E-state index is -0.480. The van der Waals surface area contributed by atoms with Crippen LogP contribution in [0.25, 0.3) is 0 Å². The zero-order chi connectivity index (χ0) is 22.4. The molecule has 8 saturated carbocycles. The summed E-state index contributed by atoms with van der Waals surface area (Å²) in [6.07, 6.45) is 13.3. The van der Waals surface area contributed by atoms with Gasteiger partial charge in [0.25, 0.3) is 0 Å². The lowest BCUT2D eigenvalue weighted by atomic mass is 9.49. The Morgan fingerprint density at radius 1 is 0.667 bits per heavy atom. The second kappa shape index (κ2) is 7.02. The molecule has 1 aromatic heterocycles. The predicted octanol–water partition coefficient (Wildman–Crippen LogP) is 5.53. The van der Waals surface area contributed by atoms with Gasteiger partial charge in [-0.25, -0.2) is 9.37 Å². The van der Waals surface area contributed by atoms with E-state index in [2.05, 4.69) is 15.6 Å². The van der Waals surface area contributed by atoms with Crippen molar-refractivity contribution in [3.63, 3.8) is 0 Å². The Labute approximate surface area is 194 Å². The molecule has 0 unspecified atom stereocenters. The maximum Gasteiger partial charge on any atom is 0.231 e. The first kappa shape index (κ1) is 20.4. The molecule has 0 radical (unpaired) electrons. The van der Waals surface area contributed by atoms with Crippen molar-refractivity contribution in [1.29, 1.82) is 0 Å². The third-order valence-corrected chi connectivity index (χ3v) is 10.3. The van der Waals surface area contributed by atoms with Gasteiger partial charge in [-0.15, -0.1) is 0 Å². The van der Waals surface area contributed by atoms with Gasteiger partial charge in [0.15, 0.2) is 0 Å². The maximum atomic E-state index is 14.5. The molecule has 2 N–H and O–H groups in total. The van der Waals surface area contributed by atoms with Crippen LogP contribution in [0.4, 0.5) is 16.0 Å². The van der Waals surface area contributed by atoms with E-state index in [1.165, 1.54) is 50.7 Å². The molecule has 1 aromatic rings. The number of nitrogens with zero attached hydrogens (tertiary/aromatic N) is 1. The number of rotatable bonds is 4. The Bertz CT molecular complexity index is 874. The Balaban J connectivity index is 1.09. The zero-order valence-electron chi connectivity index (χ0n) is 19.2. The summed E-state index contributed by atoms with van der Waals surface area (Å²) in [6.45, 7) is 0. The van der Waals surface area contributed by atoms with Crippen molar-refractivity contribution in [2.24, 2.45) is 46.3 Å². The van der Waals surface area contributed by atoms with Gasteiger partial charge in [-0.1, -0.05) is 0 Å². The first-order valence-electron chi connectivity index (χ1n) is 13.2. The van der Waals surface area contributed by atoms with E-state index in [1.54, 1.807) is 0 Å². The minimum Gasteiger partial charge on any atom is -0.310 e. The Kier molecular flexibility index (Phi) is 4.34. The lowest BCUT2D eigenvalue weighted by Crippen LogP contribution is -2.52. The molecular formula is C27H34FN3O2. The zero-order valence-corrected chi connectivity index (χ0v) is 19.2. The molecule has 8 bridgehead atoms. The summed E-state index contributed by atoms with van der Waals surface area (Å²) in [6, 6.07) is 2.55. The first-order valence-corrected chi connectivity index (χ1v) is 13.2. The number of pyridine rings is 1. The van der Waals surface area contributed by atoms with E-state index in [-0.39, 0.29) is 34.3 Å². The van der Waals surface area contributed by atoms with Crippen LogP contribution in [0.15, 0.2) is 12.1 Å². The van der Waals surface area contributed by atoms with E-state index in [9.17, 15) is 14.0 Å². The third-order valence-electron chi connectivity index (χ3n) is 10.3. The van der Waals surface area contributed by atoms with Crippen molar-refractivity contribution >= 4 is 23.5 Å². The number of hydrogen-bond acceptors (Lipinski definition) is 3.